The highest BCUT2D eigenvalue weighted by Gasteiger charge is 2.04. The predicted molar refractivity (Wildman–Crippen MR) is 62.6 cm³/mol. The zero-order chi connectivity index (χ0) is 11.5. The van der Waals surface area contributed by atoms with Gasteiger partial charge in [0.25, 0.3) is 0 Å². The monoisotopic (exact) mass is 216 g/mol. The van der Waals surface area contributed by atoms with Crippen LogP contribution in [0.1, 0.15) is 5.56 Å². The number of aliphatic carboxylic acids is 1. The molecule has 0 aliphatic rings. The molecule has 0 fully saturated rings. The molecule has 0 amide bonds. The maximum Gasteiger partial charge on any atom is 0.322 e. The Bertz CT molecular complexity index is 538. The van der Waals surface area contributed by atoms with Gasteiger partial charge >= 0.3 is 5.97 Å². The summed E-state index contributed by atoms with van der Waals surface area (Å²) < 4.78 is 0. The average molecular weight is 216 g/mol. The number of carboxylic acid groups (broad SMARTS) is 1. The summed E-state index contributed by atoms with van der Waals surface area (Å²) in [7, 11) is 0. The molecule has 2 rings (SSSR count). The lowest BCUT2D eigenvalue weighted by atomic mass is 10.1. The van der Waals surface area contributed by atoms with Crippen LogP contribution in [-0.4, -0.2) is 22.6 Å². The van der Waals surface area contributed by atoms with E-state index < -0.39 is 5.97 Å². The van der Waals surface area contributed by atoms with Crippen molar-refractivity contribution in [3.63, 3.8) is 0 Å². The fourth-order valence-corrected chi connectivity index (χ4v) is 1.56. The third-order valence-corrected chi connectivity index (χ3v) is 2.32. The Labute approximate surface area is 92.9 Å². The topological polar surface area (TPSA) is 62.2 Å². The van der Waals surface area contributed by atoms with Crippen LogP contribution in [0.2, 0.25) is 0 Å². The Morgan fingerprint density at radius 1 is 1.44 bits per heavy atom. The Morgan fingerprint density at radius 2 is 2.19 bits per heavy atom. The van der Waals surface area contributed by atoms with E-state index in [2.05, 4.69) is 10.3 Å². The van der Waals surface area contributed by atoms with Crippen LogP contribution < -0.4 is 5.32 Å². The third-order valence-electron chi connectivity index (χ3n) is 2.32. The van der Waals surface area contributed by atoms with Crippen molar-refractivity contribution in [2.45, 2.75) is 6.92 Å². The number of aryl methyl sites for hydroxylation is 1. The first kappa shape index (κ1) is 10.4. The molecular formula is C12H12N2O2. The van der Waals surface area contributed by atoms with Crippen LogP contribution in [0.4, 0.5) is 5.82 Å². The molecule has 0 unspecified atom stereocenters. The second-order valence-corrected chi connectivity index (χ2v) is 3.59. The molecule has 0 saturated carbocycles. The van der Waals surface area contributed by atoms with Gasteiger partial charge in [-0.05, 0) is 24.6 Å². The zero-order valence-electron chi connectivity index (χ0n) is 8.90. The van der Waals surface area contributed by atoms with E-state index in [0.29, 0.717) is 5.82 Å². The summed E-state index contributed by atoms with van der Waals surface area (Å²) >= 11 is 0. The summed E-state index contributed by atoms with van der Waals surface area (Å²) in [4.78, 5) is 14.8. The van der Waals surface area contributed by atoms with E-state index in [-0.39, 0.29) is 6.54 Å². The molecule has 1 aromatic carbocycles. The molecule has 2 aromatic rings. The third kappa shape index (κ3) is 2.11. The van der Waals surface area contributed by atoms with Gasteiger partial charge in [-0.3, -0.25) is 4.79 Å². The molecule has 82 valence electrons. The molecule has 0 saturated heterocycles. The molecule has 0 aliphatic heterocycles. The number of hydrogen-bond donors (Lipinski definition) is 2. The number of nitrogens with one attached hydrogen (secondary N) is 1. The van der Waals surface area contributed by atoms with E-state index in [1.165, 1.54) is 0 Å². The molecule has 0 atom stereocenters. The SMILES string of the molecule is Cc1cc2ccccc2nc1NCC(=O)O. The van der Waals surface area contributed by atoms with Crippen LogP contribution in [0.5, 0.6) is 0 Å². The Hall–Kier alpha value is -2.10. The minimum absolute atomic E-state index is 0.119. The standard InChI is InChI=1S/C12H12N2O2/c1-8-6-9-4-2-3-5-10(9)14-12(8)13-7-11(15)16/h2-6H,7H2,1H3,(H,13,14)(H,15,16). The maximum absolute atomic E-state index is 10.5. The van der Waals surface area contributed by atoms with Crippen LogP contribution in [-0.2, 0) is 4.79 Å². The number of hydrogen-bond acceptors (Lipinski definition) is 3. The van der Waals surface area contributed by atoms with Crippen molar-refractivity contribution in [2.75, 3.05) is 11.9 Å². The first-order chi connectivity index (χ1) is 7.66. The van der Waals surface area contributed by atoms with Gasteiger partial charge in [0, 0.05) is 5.39 Å². The fraction of sp³-hybridized carbons (Fsp3) is 0.167. The van der Waals surface area contributed by atoms with E-state index in [9.17, 15) is 4.79 Å². The summed E-state index contributed by atoms with van der Waals surface area (Å²) in [5, 5.41) is 12.4. The smallest absolute Gasteiger partial charge is 0.322 e. The molecule has 2 N–H and O–H groups in total. The van der Waals surface area contributed by atoms with Gasteiger partial charge in [0.15, 0.2) is 0 Å². The van der Waals surface area contributed by atoms with Gasteiger partial charge in [-0.25, -0.2) is 4.98 Å². The molecule has 0 spiro atoms. The Balaban J connectivity index is 2.38. The van der Waals surface area contributed by atoms with Gasteiger partial charge in [0.1, 0.15) is 12.4 Å². The summed E-state index contributed by atoms with van der Waals surface area (Å²) in [6.07, 6.45) is 0. The van der Waals surface area contributed by atoms with Crippen LogP contribution >= 0.6 is 0 Å². The quantitative estimate of drug-likeness (QED) is 0.824. The summed E-state index contributed by atoms with van der Waals surface area (Å²) in [5.74, 6) is -0.268. The molecular weight excluding hydrogens is 204 g/mol. The number of aromatic nitrogens is 1. The van der Waals surface area contributed by atoms with Gasteiger partial charge in [0.05, 0.1) is 5.52 Å². The van der Waals surface area contributed by atoms with E-state index in [4.69, 9.17) is 5.11 Å². The van der Waals surface area contributed by atoms with Crippen molar-refractivity contribution >= 4 is 22.7 Å². The second kappa shape index (κ2) is 4.18. The molecule has 1 aromatic heterocycles. The van der Waals surface area contributed by atoms with E-state index >= 15 is 0 Å². The number of nitrogens with zero attached hydrogens (tertiary/aromatic N) is 1. The first-order valence-electron chi connectivity index (χ1n) is 4.99. The molecule has 0 aliphatic carbocycles. The van der Waals surface area contributed by atoms with Crippen LogP contribution in [0.15, 0.2) is 30.3 Å². The molecule has 4 heteroatoms. The molecule has 1 heterocycles. The highest BCUT2D eigenvalue weighted by atomic mass is 16.4. The zero-order valence-corrected chi connectivity index (χ0v) is 8.90. The lowest BCUT2D eigenvalue weighted by Crippen LogP contribution is -2.14. The van der Waals surface area contributed by atoms with Crippen molar-refractivity contribution in [2.24, 2.45) is 0 Å². The van der Waals surface area contributed by atoms with Gasteiger partial charge < -0.3 is 10.4 Å². The molecule has 0 bridgehead atoms. The second-order valence-electron chi connectivity index (χ2n) is 3.59. The number of fused-ring (bicyclic) bond motifs is 1. The summed E-state index contributed by atoms with van der Waals surface area (Å²) in [5.41, 5.74) is 1.81. The highest BCUT2D eigenvalue weighted by Crippen LogP contribution is 2.19. The first-order valence-corrected chi connectivity index (χ1v) is 4.99. The number of para-hydroxylation sites is 1. The Morgan fingerprint density at radius 3 is 2.94 bits per heavy atom. The van der Waals surface area contributed by atoms with Crippen molar-refractivity contribution in [1.29, 1.82) is 0 Å². The number of benzene rings is 1. The predicted octanol–water partition coefficient (Wildman–Crippen LogP) is 2.04. The average Bonchev–Trinajstić information content (AvgIpc) is 2.26. The van der Waals surface area contributed by atoms with Crippen molar-refractivity contribution in [3.8, 4) is 0 Å². The highest BCUT2D eigenvalue weighted by molar-refractivity contribution is 5.82. The minimum Gasteiger partial charge on any atom is -0.480 e. The van der Waals surface area contributed by atoms with Gasteiger partial charge in [-0.2, -0.15) is 0 Å². The minimum atomic E-state index is -0.894. The van der Waals surface area contributed by atoms with E-state index in [1.54, 1.807) is 0 Å². The van der Waals surface area contributed by atoms with Gasteiger partial charge in [-0.15, -0.1) is 0 Å². The lowest BCUT2D eigenvalue weighted by molar-refractivity contribution is -0.134. The van der Waals surface area contributed by atoms with Crippen LogP contribution in [0.3, 0.4) is 0 Å². The van der Waals surface area contributed by atoms with Crippen LogP contribution in [0, 0.1) is 6.92 Å². The Kier molecular flexibility index (Phi) is 2.72. The number of carbonyl (C=O) groups is 1. The molecule has 4 nitrogen and oxygen atoms in total. The molecule has 0 radical (unpaired) electrons. The summed E-state index contributed by atoms with van der Waals surface area (Å²) in [6.45, 7) is 1.79. The summed E-state index contributed by atoms with van der Waals surface area (Å²) in [6, 6.07) is 9.74. The fourth-order valence-electron chi connectivity index (χ4n) is 1.56. The lowest BCUT2D eigenvalue weighted by Gasteiger charge is -2.07. The molecule has 16 heavy (non-hydrogen) atoms. The number of anilines is 1. The maximum atomic E-state index is 10.5. The van der Waals surface area contributed by atoms with Crippen LogP contribution in [0.25, 0.3) is 10.9 Å². The number of carboxylic acids is 1. The van der Waals surface area contributed by atoms with Crippen molar-refractivity contribution in [3.05, 3.63) is 35.9 Å². The largest absolute Gasteiger partial charge is 0.480 e. The van der Waals surface area contributed by atoms with E-state index in [1.807, 2.05) is 37.3 Å². The number of rotatable bonds is 3. The van der Waals surface area contributed by atoms with Gasteiger partial charge in [0.2, 0.25) is 0 Å². The van der Waals surface area contributed by atoms with Crippen molar-refractivity contribution in [1.82, 2.24) is 4.98 Å². The van der Waals surface area contributed by atoms with Crippen molar-refractivity contribution < 1.29 is 9.90 Å². The number of pyridine rings is 1. The van der Waals surface area contributed by atoms with Gasteiger partial charge in [-0.1, -0.05) is 18.2 Å². The normalized spacial score (nSPS) is 10.3. The van der Waals surface area contributed by atoms with E-state index in [0.717, 1.165) is 16.5 Å².